The highest BCUT2D eigenvalue weighted by atomic mass is 35.5. The highest BCUT2D eigenvalue weighted by Crippen LogP contribution is 2.19. The largest absolute Gasteiger partial charge is 0.378 e. The summed E-state index contributed by atoms with van der Waals surface area (Å²) in [6.45, 7) is 3.08. The summed E-state index contributed by atoms with van der Waals surface area (Å²) in [5.74, 6) is 0.107. The molecule has 25 heavy (non-hydrogen) atoms. The second-order valence-corrected chi connectivity index (χ2v) is 6.97. The van der Waals surface area contributed by atoms with Crippen LogP contribution in [-0.2, 0) is 11.3 Å². The molecule has 0 saturated carbocycles. The Labute approximate surface area is 155 Å². The van der Waals surface area contributed by atoms with E-state index in [1.165, 1.54) is 0 Å². The first-order valence-corrected chi connectivity index (χ1v) is 8.84. The van der Waals surface area contributed by atoms with Crippen molar-refractivity contribution in [3.05, 3.63) is 64.7 Å². The molecule has 4 nitrogen and oxygen atoms in total. The lowest BCUT2D eigenvalue weighted by molar-refractivity contribution is -0.683. The Balaban J connectivity index is 1.86. The molecule has 0 saturated heterocycles. The van der Waals surface area contributed by atoms with Gasteiger partial charge in [-0.15, -0.1) is 0 Å². The molecule has 0 fully saturated rings. The topological polar surface area (TPSA) is 40.2 Å². The monoisotopic (exact) mass is 360 g/mol. The molecule has 0 aliphatic carbocycles. The number of benzene rings is 2. The Hall–Kier alpha value is -2.04. The van der Waals surface area contributed by atoms with Crippen molar-refractivity contribution in [2.45, 2.75) is 19.5 Å². The summed E-state index contributed by atoms with van der Waals surface area (Å²) < 4.78 is 0. The van der Waals surface area contributed by atoms with E-state index in [4.69, 9.17) is 11.6 Å². The molecule has 0 bridgehead atoms. The van der Waals surface area contributed by atoms with Gasteiger partial charge in [-0.2, -0.15) is 0 Å². The average Bonchev–Trinajstić information content (AvgIpc) is 2.60. The summed E-state index contributed by atoms with van der Waals surface area (Å²) >= 11 is 6.22. The Bertz CT molecular complexity index is 700. The van der Waals surface area contributed by atoms with Crippen LogP contribution in [0.4, 0.5) is 5.69 Å². The summed E-state index contributed by atoms with van der Waals surface area (Å²) in [4.78, 5) is 16.2. The van der Waals surface area contributed by atoms with Crippen LogP contribution in [0.2, 0.25) is 5.02 Å². The third-order valence-corrected chi connectivity index (χ3v) is 4.68. The number of anilines is 1. The van der Waals surface area contributed by atoms with Gasteiger partial charge in [-0.25, -0.2) is 0 Å². The molecule has 0 aliphatic rings. The van der Waals surface area contributed by atoms with Crippen LogP contribution in [0.5, 0.6) is 0 Å². The van der Waals surface area contributed by atoms with Gasteiger partial charge >= 0.3 is 0 Å². The van der Waals surface area contributed by atoms with Gasteiger partial charge in [-0.05, 0) is 30.7 Å². The lowest BCUT2D eigenvalue weighted by Gasteiger charge is -2.19. The number of amides is 1. The molecular formula is C20H27ClN3O+. The summed E-state index contributed by atoms with van der Waals surface area (Å²) in [6.07, 6.45) is 0. The van der Waals surface area contributed by atoms with Crippen molar-refractivity contribution < 1.29 is 10.1 Å². The quantitative estimate of drug-likeness (QED) is 0.824. The minimum atomic E-state index is 0.107. The van der Waals surface area contributed by atoms with Crippen molar-refractivity contribution in [3.63, 3.8) is 0 Å². The van der Waals surface area contributed by atoms with Crippen molar-refractivity contribution in [2.24, 2.45) is 0 Å². The summed E-state index contributed by atoms with van der Waals surface area (Å²) in [5.41, 5.74) is 3.33. The van der Waals surface area contributed by atoms with E-state index in [-0.39, 0.29) is 11.9 Å². The molecule has 0 aromatic heterocycles. The number of nitrogens with two attached hydrogens (primary N) is 1. The van der Waals surface area contributed by atoms with E-state index in [1.807, 2.05) is 50.7 Å². The Kier molecular flexibility index (Phi) is 6.85. The van der Waals surface area contributed by atoms with Crippen molar-refractivity contribution in [1.82, 2.24) is 4.90 Å². The van der Waals surface area contributed by atoms with Crippen molar-refractivity contribution in [1.29, 1.82) is 0 Å². The van der Waals surface area contributed by atoms with Gasteiger partial charge in [-0.1, -0.05) is 41.9 Å². The standard InChI is InChI=1S/C20H26ClN3O/c1-15(18-7-5-6-8-19(18)21)22-13-20(25)24(4)14-16-9-11-17(12-10-16)23(2)3/h5-12,15,22H,13-14H2,1-4H3/p+1/t15-/m1/s1. The number of quaternary nitrogens is 1. The van der Waals surface area contributed by atoms with Gasteiger partial charge in [0.25, 0.3) is 5.91 Å². The zero-order valence-corrected chi connectivity index (χ0v) is 16.1. The highest BCUT2D eigenvalue weighted by Gasteiger charge is 2.16. The molecule has 1 atom stereocenters. The molecule has 2 aromatic rings. The van der Waals surface area contributed by atoms with E-state index >= 15 is 0 Å². The van der Waals surface area contributed by atoms with Gasteiger partial charge in [0.2, 0.25) is 0 Å². The molecule has 2 rings (SSSR count). The molecule has 134 valence electrons. The van der Waals surface area contributed by atoms with E-state index in [1.54, 1.807) is 4.90 Å². The van der Waals surface area contributed by atoms with E-state index < -0.39 is 0 Å². The van der Waals surface area contributed by atoms with Crippen LogP contribution >= 0.6 is 11.6 Å². The predicted molar refractivity (Wildman–Crippen MR) is 104 cm³/mol. The van der Waals surface area contributed by atoms with Crippen molar-refractivity contribution >= 4 is 23.2 Å². The lowest BCUT2D eigenvalue weighted by atomic mass is 10.1. The van der Waals surface area contributed by atoms with E-state index in [0.717, 1.165) is 21.8 Å². The van der Waals surface area contributed by atoms with Crippen LogP contribution < -0.4 is 10.2 Å². The third-order valence-electron chi connectivity index (χ3n) is 4.34. The fourth-order valence-electron chi connectivity index (χ4n) is 2.67. The van der Waals surface area contributed by atoms with Crippen LogP contribution in [0, 0.1) is 0 Å². The number of nitrogens with zero attached hydrogens (tertiary/aromatic N) is 2. The average molecular weight is 361 g/mol. The highest BCUT2D eigenvalue weighted by molar-refractivity contribution is 6.31. The van der Waals surface area contributed by atoms with Crippen molar-refractivity contribution in [2.75, 3.05) is 32.6 Å². The second kappa shape index (κ2) is 8.88. The van der Waals surface area contributed by atoms with Gasteiger partial charge in [-0.3, -0.25) is 4.79 Å². The number of halogens is 1. The maximum atomic E-state index is 12.4. The van der Waals surface area contributed by atoms with Crippen LogP contribution in [0.15, 0.2) is 48.5 Å². The first-order chi connectivity index (χ1) is 11.9. The molecule has 2 N–H and O–H groups in total. The van der Waals surface area contributed by atoms with Gasteiger partial charge in [0.05, 0.1) is 0 Å². The molecule has 0 heterocycles. The van der Waals surface area contributed by atoms with E-state index in [9.17, 15) is 4.79 Å². The smallest absolute Gasteiger partial charge is 0.277 e. The summed E-state index contributed by atoms with van der Waals surface area (Å²) in [6, 6.07) is 16.2. The fourth-order valence-corrected chi connectivity index (χ4v) is 2.97. The molecule has 0 unspecified atom stereocenters. The fraction of sp³-hybridized carbons (Fsp3) is 0.350. The van der Waals surface area contributed by atoms with Gasteiger partial charge < -0.3 is 15.1 Å². The lowest BCUT2D eigenvalue weighted by Crippen LogP contribution is -2.87. The minimum Gasteiger partial charge on any atom is -0.378 e. The summed E-state index contributed by atoms with van der Waals surface area (Å²) in [7, 11) is 5.87. The maximum absolute atomic E-state index is 12.4. The first kappa shape index (κ1) is 19.3. The third kappa shape index (κ3) is 5.48. The summed E-state index contributed by atoms with van der Waals surface area (Å²) in [5, 5.41) is 2.77. The molecular weight excluding hydrogens is 334 g/mol. The van der Waals surface area contributed by atoms with Gasteiger partial charge in [0.1, 0.15) is 6.04 Å². The molecule has 1 amide bonds. The number of likely N-dealkylation sites (N-methyl/N-ethyl adjacent to an activating group) is 1. The Morgan fingerprint density at radius 2 is 1.72 bits per heavy atom. The number of carbonyl (C=O) groups excluding carboxylic acids is 1. The Morgan fingerprint density at radius 1 is 1.08 bits per heavy atom. The van der Waals surface area contributed by atoms with Gasteiger partial charge in [0.15, 0.2) is 6.54 Å². The zero-order chi connectivity index (χ0) is 18.4. The maximum Gasteiger partial charge on any atom is 0.277 e. The Morgan fingerprint density at radius 3 is 2.32 bits per heavy atom. The number of hydrogen-bond donors (Lipinski definition) is 1. The normalized spacial score (nSPS) is 11.9. The van der Waals surface area contributed by atoms with Gasteiger partial charge in [0, 0.05) is 44.0 Å². The molecule has 5 heteroatoms. The van der Waals surface area contributed by atoms with Crippen LogP contribution in [0.1, 0.15) is 24.1 Å². The second-order valence-electron chi connectivity index (χ2n) is 6.56. The molecule has 0 aliphatic heterocycles. The molecule has 0 spiro atoms. The van der Waals surface area contributed by atoms with Crippen molar-refractivity contribution in [3.8, 4) is 0 Å². The number of hydrogen-bond acceptors (Lipinski definition) is 2. The van der Waals surface area contributed by atoms with Crippen LogP contribution in [0.3, 0.4) is 0 Å². The van der Waals surface area contributed by atoms with E-state index in [2.05, 4.69) is 36.1 Å². The zero-order valence-electron chi connectivity index (χ0n) is 15.4. The molecule has 2 aromatic carbocycles. The van der Waals surface area contributed by atoms with Crippen LogP contribution in [0.25, 0.3) is 0 Å². The van der Waals surface area contributed by atoms with Crippen LogP contribution in [-0.4, -0.2) is 38.5 Å². The molecule has 0 radical (unpaired) electrons. The first-order valence-electron chi connectivity index (χ1n) is 8.46. The van der Waals surface area contributed by atoms with E-state index in [0.29, 0.717) is 13.1 Å². The predicted octanol–water partition coefficient (Wildman–Crippen LogP) is 2.69. The number of carbonyl (C=O) groups is 1. The number of rotatable bonds is 7. The SMILES string of the molecule is C[C@@H]([NH2+]CC(=O)N(C)Cc1ccc(N(C)C)cc1)c1ccccc1Cl. The minimum absolute atomic E-state index is 0.107.